The number of ether oxygens (including phenoxy) is 1. The Morgan fingerprint density at radius 3 is 2.94 bits per heavy atom. The molecule has 2 rings (SSSR count). The Balaban J connectivity index is 2.48. The molecular formula is C12H15N3O2. The van der Waals surface area contributed by atoms with Gasteiger partial charge in [-0.15, -0.1) is 0 Å². The monoisotopic (exact) mass is 233 g/mol. The molecule has 0 saturated heterocycles. The Morgan fingerprint density at radius 2 is 2.35 bits per heavy atom. The molecule has 0 N–H and O–H groups in total. The average molecular weight is 233 g/mol. The molecule has 0 fully saturated rings. The van der Waals surface area contributed by atoms with Crippen LogP contribution in [0.1, 0.15) is 30.7 Å². The molecule has 90 valence electrons. The van der Waals surface area contributed by atoms with E-state index in [0.717, 1.165) is 11.2 Å². The first-order valence-electron chi connectivity index (χ1n) is 5.57. The van der Waals surface area contributed by atoms with Crippen molar-refractivity contribution in [3.8, 4) is 0 Å². The third-order valence-corrected chi connectivity index (χ3v) is 2.78. The van der Waals surface area contributed by atoms with E-state index in [2.05, 4.69) is 10.1 Å². The number of methoxy groups -OCH3 is 1. The quantitative estimate of drug-likeness (QED) is 0.757. The van der Waals surface area contributed by atoms with Crippen molar-refractivity contribution in [2.45, 2.75) is 26.2 Å². The van der Waals surface area contributed by atoms with Gasteiger partial charge in [0.15, 0.2) is 11.5 Å². The molecule has 17 heavy (non-hydrogen) atoms. The van der Waals surface area contributed by atoms with Gasteiger partial charge in [0, 0.05) is 6.20 Å². The fourth-order valence-corrected chi connectivity index (χ4v) is 1.80. The van der Waals surface area contributed by atoms with Gasteiger partial charge >= 0.3 is 5.97 Å². The zero-order chi connectivity index (χ0) is 12.4. The Morgan fingerprint density at radius 1 is 1.59 bits per heavy atom. The summed E-state index contributed by atoms with van der Waals surface area (Å²) in [6.07, 6.45) is 2.45. The number of aryl methyl sites for hydroxylation is 1. The zero-order valence-electron chi connectivity index (χ0n) is 10.2. The van der Waals surface area contributed by atoms with Crippen LogP contribution in [0.4, 0.5) is 0 Å². The standard InChI is InChI=1S/C12H15N3O2/c1-4-9(12(16)17-3)10-13-11-8(2)6-5-7-15(11)14-10/h5-7,9H,4H2,1-3H3. The van der Waals surface area contributed by atoms with Crippen LogP contribution in [0, 0.1) is 6.92 Å². The number of hydrogen-bond acceptors (Lipinski definition) is 4. The minimum Gasteiger partial charge on any atom is -0.468 e. The van der Waals surface area contributed by atoms with Crippen LogP contribution in [0.15, 0.2) is 18.3 Å². The predicted octanol–water partition coefficient (Wildman–Crippen LogP) is 1.70. The molecule has 0 spiro atoms. The molecule has 0 saturated carbocycles. The molecule has 2 aromatic rings. The van der Waals surface area contributed by atoms with Gasteiger partial charge in [-0.25, -0.2) is 9.50 Å². The number of esters is 1. The van der Waals surface area contributed by atoms with Gasteiger partial charge in [0.25, 0.3) is 0 Å². The van der Waals surface area contributed by atoms with E-state index in [9.17, 15) is 4.79 Å². The van der Waals surface area contributed by atoms with Gasteiger partial charge in [-0.2, -0.15) is 5.10 Å². The number of nitrogens with zero attached hydrogens (tertiary/aromatic N) is 3. The topological polar surface area (TPSA) is 56.5 Å². The van der Waals surface area contributed by atoms with Crippen LogP contribution in [-0.2, 0) is 9.53 Å². The highest BCUT2D eigenvalue weighted by atomic mass is 16.5. The summed E-state index contributed by atoms with van der Waals surface area (Å²) in [7, 11) is 1.38. The number of hydrogen-bond donors (Lipinski definition) is 0. The third kappa shape index (κ3) is 2.00. The molecular weight excluding hydrogens is 218 g/mol. The highest BCUT2D eigenvalue weighted by molar-refractivity contribution is 5.77. The lowest BCUT2D eigenvalue weighted by Gasteiger charge is -2.06. The van der Waals surface area contributed by atoms with Crippen LogP contribution in [0.2, 0.25) is 0 Å². The molecule has 0 radical (unpaired) electrons. The molecule has 2 aromatic heterocycles. The normalized spacial score (nSPS) is 12.6. The van der Waals surface area contributed by atoms with Crippen LogP contribution in [-0.4, -0.2) is 27.7 Å². The Labute approximate surface area is 99.4 Å². The molecule has 5 heteroatoms. The molecule has 0 aliphatic carbocycles. The molecule has 0 bridgehead atoms. The molecule has 0 aliphatic rings. The van der Waals surface area contributed by atoms with E-state index in [1.54, 1.807) is 4.52 Å². The second-order valence-corrected chi connectivity index (χ2v) is 3.91. The Bertz CT molecular complexity index is 548. The van der Waals surface area contributed by atoms with E-state index in [4.69, 9.17) is 4.74 Å². The van der Waals surface area contributed by atoms with Crippen molar-refractivity contribution >= 4 is 11.6 Å². The first-order chi connectivity index (χ1) is 8.17. The molecule has 0 amide bonds. The van der Waals surface area contributed by atoms with Gasteiger partial charge in [-0.05, 0) is 25.0 Å². The highest BCUT2D eigenvalue weighted by Crippen LogP contribution is 2.19. The van der Waals surface area contributed by atoms with Gasteiger partial charge in [0.1, 0.15) is 5.92 Å². The maximum atomic E-state index is 11.6. The minimum absolute atomic E-state index is 0.291. The van der Waals surface area contributed by atoms with Crippen molar-refractivity contribution in [1.29, 1.82) is 0 Å². The summed E-state index contributed by atoms with van der Waals surface area (Å²) >= 11 is 0. The van der Waals surface area contributed by atoms with E-state index < -0.39 is 0 Å². The van der Waals surface area contributed by atoms with Crippen molar-refractivity contribution in [2.75, 3.05) is 7.11 Å². The van der Waals surface area contributed by atoms with Crippen molar-refractivity contribution in [3.63, 3.8) is 0 Å². The molecule has 1 atom stereocenters. The summed E-state index contributed by atoms with van der Waals surface area (Å²) in [5.74, 6) is -0.158. The average Bonchev–Trinajstić information content (AvgIpc) is 2.75. The maximum absolute atomic E-state index is 11.6. The lowest BCUT2D eigenvalue weighted by Crippen LogP contribution is -2.15. The first kappa shape index (κ1) is 11.6. The number of carbonyl (C=O) groups excluding carboxylic acids is 1. The number of carbonyl (C=O) groups is 1. The number of fused-ring (bicyclic) bond motifs is 1. The van der Waals surface area contributed by atoms with Gasteiger partial charge < -0.3 is 4.74 Å². The van der Waals surface area contributed by atoms with Gasteiger partial charge in [0.2, 0.25) is 0 Å². The predicted molar refractivity (Wildman–Crippen MR) is 62.8 cm³/mol. The van der Waals surface area contributed by atoms with Crippen LogP contribution in [0.3, 0.4) is 0 Å². The summed E-state index contributed by atoms with van der Waals surface area (Å²) in [5.41, 5.74) is 1.82. The lowest BCUT2D eigenvalue weighted by atomic mass is 10.1. The van der Waals surface area contributed by atoms with Gasteiger partial charge in [-0.3, -0.25) is 4.79 Å². The van der Waals surface area contributed by atoms with E-state index in [1.165, 1.54) is 7.11 Å². The fourth-order valence-electron chi connectivity index (χ4n) is 1.80. The largest absolute Gasteiger partial charge is 0.468 e. The van der Waals surface area contributed by atoms with Crippen LogP contribution < -0.4 is 0 Å². The second-order valence-electron chi connectivity index (χ2n) is 3.91. The molecule has 2 heterocycles. The van der Waals surface area contributed by atoms with Crippen molar-refractivity contribution < 1.29 is 9.53 Å². The summed E-state index contributed by atoms with van der Waals surface area (Å²) < 4.78 is 6.45. The summed E-state index contributed by atoms with van der Waals surface area (Å²) in [4.78, 5) is 16.0. The number of rotatable bonds is 3. The molecule has 5 nitrogen and oxygen atoms in total. The smallest absolute Gasteiger partial charge is 0.316 e. The molecule has 0 aliphatic heterocycles. The number of pyridine rings is 1. The van der Waals surface area contributed by atoms with Crippen LogP contribution in [0.5, 0.6) is 0 Å². The molecule has 1 unspecified atom stereocenters. The summed E-state index contributed by atoms with van der Waals surface area (Å²) in [5, 5.41) is 4.32. The van der Waals surface area contributed by atoms with Gasteiger partial charge in [-0.1, -0.05) is 13.0 Å². The highest BCUT2D eigenvalue weighted by Gasteiger charge is 2.24. The van der Waals surface area contributed by atoms with Crippen molar-refractivity contribution in [1.82, 2.24) is 14.6 Å². The lowest BCUT2D eigenvalue weighted by molar-refractivity contribution is -0.142. The maximum Gasteiger partial charge on any atom is 0.316 e. The molecule has 0 aromatic carbocycles. The van der Waals surface area contributed by atoms with E-state index in [1.807, 2.05) is 32.2 Å². The van der Waals surface area contributed by atoms with Gasteiger partial charge in [0.05, 0.1) is 7.11 Å². The van der Waals surface area contributed by atoms with E-state index in [0.29, 0.717) is 12.2 Å². The van der Waals surface area contributed by atoms with E-state index >= 15 is 0 Å². The third-order valence-electron chi connectivity index (χ3n) is 2.78. The number of aromatic nitrogens is 3. The van der Waals surface area contributed by atoms with E-state index in [-0.39, 0.29) is 11.9 Å². The van der Waals surface area contributed by atoms with Crippen molar-refractivity contribution in [3.05, 3.63) is 29.7 Å². The Hall–Kier alpha value is -1.91. The minimum atomic E-state index is -0.390. The van der Waals surface area contributed by atoms with Crippen LogP contribution >= 0.6 is 0 Å². The van der Waals surface area contributed by atoms with Crippen LogP contribution in [0.25, 0.3) is 5.65 Å². The first-order valence-corrected chi connectivity index (χ1v) is 5.57. The second kappa shape index (κ2) is 4.53. The summed E-state index contributed by atoms with van der Waals surface area (Å²) in [6.45, 7) is 3.88. The zero-order valence-corrected chi connectivity index (χ0v) is 10.2. The summed E-state index contributed by atoms with van der Waals surface area (Å²) in [6, 6.07) is 3.87. The van der Waals surface area contributed by atoms with Crippen molar-refractivity contribution in [2.24, 2.45) is 0 Å². The Kier molecular flexibility index (Phi) is 3.08. The fraction of sp³-hybridized carbons (Fsp3) is 0.417. The SMILES string of the molecule is CCC(C(=O)OC)c1nc2c(C)cccn2n1.